The van der Waals surface area contributed by atoms with E-state index < -0.39 is 10.1 Å². The second-order valence-corrected chi connectivity index (χ2v) is 15.5. The molecule has 5 nitrogen and oxygen atoms in total. The Bertz CT molecular complexity index is 1710. The van der Waals surface area contributed by atoms with E-state index >= 15 is 0 Å². The first-order valence-electron chi connectivity index (χ1n) is 14.6. The first-order chi connectivity index (χ1) is 20.2. The maximum absolute atomic E-state index is 11.4. The number of para-hydroxylation sites is 3. The van der Waals surface area contributed by atoms with Crippen LogP contribution in [0.15, 0.2) is 99.9 Å². The van der Waals surface area contributed by atoms with Gasteiger partial charge in [-0.1, -0.05) is 79.8 Å². The molecule has 1 aliphatic heterocycles. The Balaban J connectivity index is 1.47. The number of fused-ring (bicyclic) bond motifs is 2. The van der Waals surface area contributed by atoms with Crippen LogP contribution < -0.4 is 9.47 Å². The van der Waals surface area contributed by atoms with Crippen molar-refractivity contribution in [2.24, 2.45) is 11.8 Å². The van der Waals surface area contributed by atoms with Crippen molar-refractivity contribution in [3.8, 4) is 5.69 Å². The third kappa shape index (κ3) is 6.57. The van der Waals surface area contributed by atoms with Gasteiger partial charge in [0.25, 0.3) is 0 Å². The van der Waals surface area contributed by atoms with Gasteiger partial charge in [-0.25, -0.2) is 8.42 Å². The van der Waals surface area contributed by atoms with Gasteiger partial charge in [-0.15, -0.1) is 4.57 Å². The summed E-state index contributed by atoms with van der Waals surface area (Å²) >= 11 is 3.69. The van der Waals surface area contributed by atoms with E-state index in [2.05, 4.69) is 102 Å². The van der Waals surface area contributed by atoms with Crippen LogP contribution in [0.2, 0.25) is 0 Å². The molecule has 2 unspecified atom stereocenters. The number of nitrogens with zero attached hydrogens (tertiary/aromatic N) is 2. The molecule has 0 saturated heterocycles. The van der Waals surface area contributed by atoms with Crippen molar-refractivity contribution < 1.29 is 17.5 Å². The first kappa shape index (κ1) is 29.3. The number of hydrogen-bond donors (Lipinski definition) is 0. The molecule has 218 valence electrons. The van der Waals surface area contributed by atoms with Crippen LogP contribution in [0.5, 0.6) is 0 Å². The molecule has 42 heavy (non-hydrogen) atoms. The molecule has 3 aromatic carbocycles. The van der Waals surface area contributed by atoms with Crippen LogP contribution in [0.3, 0.4) is 0 Å². The average Bonchev–Trinajstić information content (AvgIpc) is 3.29. The number of thioether (sulfide) groups is 2. The fourth-order valence-corrected chi connectivity index (χ4v) is 9.74. The Hall–Kier alpha value is -2.78. The zero-order valence-electron chi connectivity index (χ0n) is 24.0. The fraction of sp³-hybridized carbons (Fsp3) is 0.324. The lowest BCUT2D eigenvalue weighted by molar-refractivity contribution is -0.608. The van der Waals surface area contributed by atoms with Crippen molar-refractivity contribution in [1.29, 1.82) is 0 Å². The monoisotopic (exact) mass is 616 g/mol. The van der Waals surface area contributed by atoms with E-state index in [1.165, 1.54) is 24.3 Å². The summed E-state index contributed by atoms with van der Waals surface area (Å²) in [5.74, 6) is 1.07. The molecule has 1 saturated carbocycles. The Morgan fingerprint density at radius 1 is 0.952 bits per heavy atom. The molecule has 1 fully saturated rings. The molecule has 0 bridgehead atoms. The molecule has 2 heterocycles. The lowest BCUT2D eigenvalue weighted by Crippen LogP contribution is -2.36. The number of pyridine rings is 1. The molecular formula is C34H36N2O3S3. The van der Waals surface area contributed by atoms with Gasteiger partial charge in [0.05, 0.1) is 26.2 Å². The highest BCUT2D eigenvalue weighted by atomic mass is 32.2. The van der Waals surface area contributed by atoms with Crippen LogP contribution in [0.25, 0.3) is 22.7 Å². The molecule has 8 heteroatoms. The highest BCUT2D eigenvalue weighted by Crippen LogP contribution is 2.47. The maximum atomic E-state index is 11.4. The van der Waals surface area contributed by atoms with Crippen molar-refractivity contribution in [2.45, 2.75) is 54.7 Å². The highest BCUT2D eigenvalue weighted by Gasteiger charge is 2.31. The predicted octanol–water partition coefficient (Wildman–Crippen LogP) is 7.88. The molecular weight excluding hydrogens is 581 g/mol. The summed E-state index contributed by atoms with van der Waals surface area (Å²) in [6, 6.07) is 29.7. The largest absolute Gasteiger partial charge is 0.748 e. The van der Waals surface area contributed by atoms with Gasteiger partial charge >= 0.3 is 0 Å². The van der Waals surface area contributed by atoms with Crippen LogP contribution in [-0.2, 0) is 10.1 Å². The Morgan fingerprint density at radius 3 is 2.40 bits per heavy atom. The minimum absolute atomic E-state index is 0.279. The van der Waals surface area contributed by atoms with Gasteiger partial charge in [0, 0.05) is 46.7 Å². The smallest absolute Gasteiger partial charge is 0.247 e. The van der Waals surface area contributed by atoms with E-state index in [4.69, 9.17) is 0 Å². The minimum atomic E-state index is -4.27. The van der Waals surface area contributed by atoms with Crippen LogP contribution in [0, 0.1) is 11.8 Å². The van der Waals surface area contributed by atoms with Crippen molar-refractivity contribution >= 4 is 56.3 Å². The normalized spacial score (nSPS) is 21.6. The highest BCUT2D eigenvalue weighted by molar-refractivity contribution is 8.04. The number of anilines is 1. The zero-order chi connectivity index (χ0) is 29.3. The molecule has 0 N–H and O–H groups in total. The third-order valence-corrected chi connectivity index (χ3v) is 11.2. The Morgan fingerprint density at radius 2 is 1.64 bits per heavy atom. The fourth-order valence-electron chi connectivity index (χ4n) is 6.42. The Labute approximate surface area is 257 Å². The summed E-state index contributed by atoms with van der Waals surface area (Å²) in [6.45, 7) is 5.23. The molecule has 2 atom stereocenters. The van der Waals surface area contributed by atoms with Gasteiger partial charge < -0.3 is 9.45 Å². The van der Waals surface area contributed by atoms with E-state index in [-0.39, 0.29) is 12.2 Å². The van der Waals surface area contributed by atoms with Crippen LogP contribution >= 0.6 is 23.5 Å². The van der Waals surface area contributed by atoms with Crippen molar-refractivity contribution in [3.63, 3.8) is 0 Å². The summed E-state index contributed by atoms with van der Waals surface area (Å²) < 4.78 is 36.5. The lowest BCUT2D eigenvalue weighted by atomic mass is 9.83. The van der Waals surface area contributed by atoms with Gasteiger partial charge in [-0.2, -0.15) is 0 Å². The quantitative estimate of drug-likeness (QED) is 0.148. The van der Waals surface area contributed by atoms with E-state index in [0.717, 1.165) is 49.6 Å². The van der Waals surface area contributed by atoms with Gasteiger partial charge in [0.15, 0.2) is 0 Å². The van der Waals surface area contributed by atoms with Crippen LogP contribution in [0.4, 0.5) is 5.69 Å². The first-order valence-corrected chi connectivity index (χ1v) is 17.9. The molecule has 4 aromatic rings. The second-order valence-electron chi connectivity index (χ2n) is 11.6. The molecule has 6 rings (SSSR count). The zero-order valence-corrected chi connectivity index (χ0v) is 26.4. The average molecular weight is 617 g/mol. The Kier molecular flexibility index (Phi) is 8.68. The predicted molar refractivity (Wildman–Crippen MR) is 174 cm³/mol. The number of rotatable bonds is 8. The molecule has 0 amide bonds. The number of benzene rings is 3. The van der Waals surface area contributed by atoms with E-state index in [9.17, 15) is 13.0 Å². The van der Waals surface area contributed by atoms with Crippen LogP contribution in [-0.4, -0.2) is 30.5 Å². The van der Waals surface area contributed by atoms with E-state index in [0.29, 0.717) is 11.8 Å². The summed E-state index contributed by atoms with van der Waals surface area (Å²) in [5, 5.41) is 3.97. The third-order valence-electron chi connectivity index (χ3n) is 8.08. The van der Waals surface area contributed by atoms with Crippen LogP contribution in [0.1, 0.15) is 45.1 Å². The SMILES string of the molecule is CC1CC(C)CC(Sc2cc(/C=C3/Sc4ccccc4N3CCCS(=O)(=O)[O-])c3ccccc3[n+]2-c2ccccc2)C1. The number of hydrogen-bond acceptors (Lipinski definition) is 6. The minimum Gasteiger partial charge on any atom is -0.748 e. The number of aromatic nitrogens is 1. The summed E-state index contributed by atoms with van der Waals surface area (Å²) in [6.07, 6.45) is 6.25. The van der Waals surface area contributed by atoms with E-state index in [1.54, 1.807) is 11.8 Å². The van der Waals surface area contributed by atoms with Gasteiger partial charge in [0.1, 0.15) is 0 Å². The lowest BCUT2D eigenvalue weighted by Gasteiger charge is -2.30. The standard InChI is InChI=1S/C34H36N2O3S3/c1-24-19-25(2)21-28(20-24)40-34-23-26(29-13-6-7-14-30(29)36(34)27-11-4-3-5-12-27)22-33-35(17-10-18-42(37,38)39)31-15-8-9-16-32(31)41-33/h3-9,11-16,22-25,28H,10,17-21H2,1-2H3. The molecule has 1 aromatic heterocycles. The topological polar surface area (TPSA) is 64.3 Å². The van der Waals surface area contributed by atoms with Crippen molar-refractivity contribution in [2.75, 3.05) is 17.2 Å². The molecule has 1 aliphatic carbocycles. The second kappa shape index (κ2) is 12.4. The van der Waals surface area contributed by atoms with Gasteiger partial charge in [0.2, 0.25) is 16.2 Å². The van der Waals surface area contributed by atoms with Crippen molar-refractivity contribution in [3.05, 3.63) is 95.5 Å². The molecule has 2 aliphatic rings. The van der Waals surface area contributed by atoms with Crippen molar-refractivity contribution in [1.82, 2.24) is 0 Å². The van der Waals surface area contributed by atoms with E-state index in [1.807, 2.05) is 23.9 Å². The van der Waals surface area contributed by atoms with Gasteiger partial charge in [-0.3, -0.25) is 0 Å². The summed E-state index contributed by atoms with van der Waals surface area (Å²) in [7, 11) is -4.27. The van der Waals surface area contributed by atoms with Gasteiger partial charge in [-0.05, 0) is 67.4 Å². The summed E-state index contributed by atoms with van der Waals surface area (Å²) in [4.78, 5) is 3.29. The molecule has 0 spiro atoms. The molecule has 0 radical (unpaired) electrons. The maximum Gasteiger partial charge on any atom is 0.247 e. The summed E-state index contributed by atoms with van der Waals surface area (Å²) in [5.41, 5.74) is 4.49.